The van der Waals surface area contributed by atoms with Crippen molar-refractivity contribution >= 4 is 5.78 Å². The summed E-state index contributed by atoms with van der Waals surface area (Å²) in [5.41, 5.74) is -0.167. The van der Waals surface area contributed by atoms with Crippen molar-refractivity contribution in [2.24, 2.45) is 40.4 Å². The second kappa shape index (κ2) is 7.94. The lowest BCUT2D eigenvalue weighted by atomic mass is 9.43. The molecule has 0 aliphatic heterocycles. The molecule has 0 amide bonds. The van der Waals surface area contributed by atoms with Crippen LogP contribution in [0.2, 0.25) is 0 Å². The largest absolute Gasteiger partial charge is 0.390 e. The summed E-state index contributed by atoms with van der Waals surface area (Å²) in [4.78, 5) is 17.8. The van der Waals surface area contributed by atoms with Gasteiger partial charge in [-0.3, -0.25) is 4.79 Å². The van der Waals surface area contributed by atoms with Crippen molar-refractivity contribution in [2.75, 3.05) is 13.7 Å². The normalized spacial score (nSPS) is 45.7. The molecule has 1 heterocycles. The maximum Gasteiger partial charge on any atom is 0.156 e. The molecule has 0 saturated heterocycles. The number of fused-ring (bicyclic) bond motifs is 5. The predicted octanol–water partition coefficient (Wildman–Crippen LogP) is 4.80. The summed E-state index contributed by atoms with van der Waals surface area (Å²) in [6.45, 7) is 7.75. The van der Waals surface area contributed by atoms with Crippen LogP contribution in [-0.2, 0) is 16.1 Å². The lowest BCUT2D eigenvalue weighted by Crippen LogP contribution is -2.58. The van der Waals surface area contributed by atoms with E-state index in [1.165, 1.54) is 25.7 Å². The van der Waals surface area contributed by atoms with Gasteiger partial charge >= 0.3 is 0 Å². The van der Waals surface area contributed by atoms with Gasteiger partial charge in [0.15, 0.2) is 5.78 Å². The summed E-state index contributed by atoms with van der Waals surface area (Å²) in [7, 11) is 1.86. The van der Waals surface area contributed by atoms with E-state index in [1.54, 1.807) is 6.20 Å². The number of nitrogens with zero attached hydrogens (tertiary/aromatic N) is 2. The van der Waals surface area contributed by atoms with E-state index in [9.17, 15) is 9.90 Å². The second-order valence-corrected chi connectivity index (χ2v) is 12.3. The number of ketones is 1. The summed E-state index contributed by atoms with van der Waals surface area (Å²) in [6.07, 6.45) is 13.7. The molecule has 32 heavy (non-hydrogen) atoms. The average Bonchev–Trinajstić information content (AvgIpc) is 3.30. The standard InChI is InChI=1S/C27H42N2O3/c1-18-28-13-14-29(18)16-24(30)23-8-7-21-20-6-5-19-15-25(2,31)11-12-27(19,17-32-4)22(20)9-10-26(21,23)3/h13-14,19-23,31H,5-12,15-17H2,1-4H3/t19-,20+,21+,22+,23-,25-,26+,27-/m1/s1. The maximum absolute atomic E-state index is 13.5. The third-order valence-corrected chi connectivity index (χ3v) is 10.7. The van der Waals surface area contributed by atoms with Crippen LogP contribution >= 0.6 is 0 Å². The second-order valence-electron chi connectivity index (χ2n) is 12.3. The first-order valence-corrected chi connectivity index (χ1v) is 12.9. The lowest BCUT2D eigenvalue weighted by Gasteiger charge is -2.62. The molecule has 178 valence electrons. The number of ether oxygens (including phenoxy) is 1. The van der Waals surface area contributed by atoms with Gasteiger partial charge in [-0.15, -0.1) is 0 Å². The predicted molar refractivity (Wildman–Crippen MR) is 124 cm³/mol. The van der Waals surface area contributed by atoms with Crippen LogP contribution in [0.15, 0.2) is 12.4 Å². The summed E-state index contributed by atoms with van der Waals surface area (Å²) in [5, 5.41) is 10.8. The van der Waals surface area contributed by atoms with E-state index in [2.05, 4.69) is 11.9 Å². The van der Waals surface area contributed by atoms with Crippen LogP contribution in [0.25, 0.3) is 0 Å². The van der Waals surface area contributed by atoms with Gasteiger partial charge in [-0.05, 0) is 106 Å². The van der Waals surface area contributed by atoms with E-state index in [-0.39, 0.29) is 16.7 Å². The van der Waals surface area contributed by atoms with E-state index in [0.717, 1.165) is 44.5 Å². The summed E-state index contributed by atoms with van der Waals surface area (Å²) in [5.74, 6) is 4.11. The van der Waals surface area contributed by atoms with E-state index in [4.69, 9.17) is 4.74 Å². The number of hydrogen-bond acceptors (Lipinski definition) is 4. The molecule has 1 aromatic rings. The Kier molecular flexibility index (Phi) is 5.60. The van der Waals surface area contributed by atoms with Crippen LogP contribution in [0.1, 0.15) is 77.5 Å². The third-order valence-electron chi connectivity index (χ3n) is 10.7. The van der Waals surface area contributed by atoms with E-state index < -0.39 is 5.60 Å². The Morgan fingerprint density at radius 2 is 1.97 bits per heavy atom. The fourth-order valence-corrected chi connectivity index (χ4v) is 9.16. The Morgan fingerprint density at radius 3 is 2.69 bits per heavy atom. The molecule has 5 heteroatoms. The van der Waals surface area contributed by atoms with Gasteiger partial charge in [0, 0.05) is 25.4 Å². The number of methoxy groups -OCH3 is 1. The van der Waals surface area contributed by atoms with Crippen molar-refractivity contribution in [3.63, 3.8) is 0 Å². The molecular formula is C27H42N2O3. The molecule has 0 unspecified atom stereocenters. The quantitative estimate of drug-likeness (QED) is 0.712. The highest BCUT2D eigenvalue weighted by Crippen LogP contribution is 2.68. The van der Waals surface area contributed by atoms with Crippen LogP contribution in [-0.4, -0.2) is 39.8 Å². The molecule has 4 saturated carbocycles. The Balaban J connectivity index is 1.38. The van der Waals surface area contributed by atoms with Crippen molar-refractivity contribution < 1.29 is 14.6 Å². The first kappa shape index (κ1) is 22.6. The molecule has 5 nitrogen and oxygen atoms in total. The lowest BCUT2D eigenvalue weighted by molar-refractivity contribution is -0.175. The van der Waals surface area contributed by atoms with Gasteiger partial charge in [-0.25, -0.2) is 4.98 Å². The minimum atomic E-state index is -0.520. The minimum absolute atomic E-state index is 0.133. The molecule has 0 radical (unpaired) electrons. The van der Waals surface area contributed by atoms with Crippen molar-refractivity contribution in [3.8, 4) is 0 Å². The first-order chi connectivity index (χ1) is 15.2. The number of carbonyl (C=O) groups excluding carboxylic acids is 1. The molecule has 4 aliphatic carbocycles. The molecule has 4 fully saturated rings. The number of carbonyl (C=O) groups is 1. The number of rotatable bonds is 5. The molecule has 5 rings (SSSR count). The third kappa shape index (κ3) is 3.41. The Labute approximate surface area is 193 Å². The summed E-state index contributed by atoms with van der Waals surface area (Å²) in [6, 6.07) is 0. The zero-order chi connectivity index (χ0) is 22.7. The number of aryl methyl sites for hydroxylation is 1. The molecule has 1 aromatic heterocycles. The highest BCUT2D eigenvalue weighted by molar-refractivity contribution is 5.82. The Morgan fingerprint density at radius 1 is 1.16 bits per heavy atom. The highest BCUT2D eigenvalue weighted by atomic mass is 16.5. The van der Waals surface area contributed by atoms with Gasteiger partial charge in [0.05, 0.1) is 18.8 Å². The smallest absolute Gasteiger partial charge is 0.156 e. The van der Waals surface area contributed by atoms with E-state index in [0.29, 0.717) is 36.0 Å². The molecule has 0 bridgehead atoms. The maximum atomic E-state index is 13.5. The topological polar surface area (TPSA) is 64.3 Å². The minimum Gasteiger partial charge on any atom is -0.390 e. The SMILES string of the molecule is COC[C@]12CC[C@@](C)(O)C[C@H]1CC[C@H]1[C@@H]3CC[C@H](C(=O)Cn4ccnc4C)[C@@]3(C)CC[C@@H]12. The summed E-state index contributed by atoms with van der Waals surface area (Å²) < 4.78 is 7.89. The van der Waals surface area contributed by atoms with Gasteiger partial charge in [-0.1, -0.05) is 6.92 Å². The molecule has 0 aromatic carbocycles. The monoisotopic (exact) mass is 442 g/mol. The van der Waals surface area contributed by atoms with Crippen LogP contribution in [0.5, 0.6) is 0 Å². The summed E-state index contributed by atoms with van der Waals surface area (Å²) >= 11 is 0. The fraction of sp³-hybridized carbons (Fsp3) is 0.852. The zero-order valence-corrected chi connectivity index (χ0v) is 20.5. The first-order valence-electron chi connectivity index (χ1n) is 12.9. The number of aliphatic hydroxyl groups is 1. The van der Waals surface area contributed by atoms with E-state index >= 15 is 0 Å². The number of Topliss-reactive ketones (excluding diaryl/α,β-unsaturated/α-hetero) is 1. The molecule has 0 spiro atoms. The number of imidazole rings is 1. The zero-order valence-electron chi connectivity index (χ0n) is 20.5. The van der Waals surface area contributed by atoms with Gasteiger partial charge in [-0.2, -0.15) is 0 Å². The van der Waals surface area contributed by atoms with Crippen LogP contribution in [0.3, 0.4) is 0 Å². The van der Waals surface area contributed by atoms with Crippen LogP contribution in [0.4, 0.5) is 0 Å². The van der Waals surface area contributed by atoms with Gasteiger partial charge in [0.1, 0.15) is 5.82 Å². The molecular weight excluding hydrogens is 400 g/mol. The number of hydrogen-bond donors (Lipinski definition) is 1. The highest BCUT2D eigenvalue weighted by Gasteiger charge is 2.63. The Bertz CT molecular complexity index is 863. The van der Waals surface area contributed by atoms with Gasteiger partial charge in [0.2, 0.25) is 0 Å². The number of aromatic nitrogens is 2. The Hall–Kier alpha value is -1.20. The molecule has 8 atom stereocenters. The molecule has 4 aliphatic rings. The molecule has 1 N–H and O–H groups in total. The van der Waals surface area contributed by atoms with Crippen molar-refractivity contribution in [2.45, 2.75) is 90.7 Å². The van der Waals surface area contributed by atoms with E-state index in [1.807, 2.05) is 31.7 Å². The van der Waals surface area contributed by atoms with Gasteiger partial charge < -0.3 is 14.4 Å². The van der Waals surface area contributed by atoms with Crippen LogP contribution < -0.4 is 0 Å². The van der Waals surface area contributed by atoms with Crippen LogP contribution in [0, 0.1) is 47.3 Å². The van der Waals surface area contributed by atoms with Gasteiger partial charge in [0.25, 0.3) is 0 Å². The van der Waals surface area contributed by atoms with Crippen molar-refractivity contribution in [1.82, 2.24) is 9.55 Å². The van der Waals surface area contributed by atoms with Crippen molar-refractivity contribution in [1.29, 1.82) is 0 Å². The van der Waals surface area contributed by atoms with Crippen molar-refractivity contribution in [3.05, 3.63) is 18.2 Å². The average molecular weight is 443 g/mol. The fourth-order valence-electron chi connectivity index (χ4n) is 9.16.